The standard InChI is InChI=1S/C20H23NO3/c1-3-14-4-6-15(7-5-14)12-21-20(22)17-10-16-11-18(23-2)8-9-19(16)24-13-17/h4-9,11,17H,3,10,12-13H2,1-2H3,(H,21,22)/t17-/m1/s1. The van der Waals surface area contributed by atoms with Gasteiger partial charge < -0.3 is 14.8 Å². The topological polar surface area (TPSA) is 47.6 Å². The first kappa shape index (κ1) is 16.4. The number of hydrogen-bond donors (Lipinski definition) is 1. The molecular formula is C20H23NO3. The third-order valence-corrected chi connectivity index (χ3v) is 4.44. The van der Waals surface area contributed by atoms with Crippen LogP contribution in [-0.4, -0.2) is 19.6 Å². The Bertz CT molecular complexity index is 709. The molecule has 4 nitrogen and oxygen atoms in total. The Labute approximate surface area is 142 Å². The van der Waals surface area contributed by atoms with Crippen LogP contribution in [0.5, 0.6) is 11.5 Å². The molecule has 0 bridgehead atoms. The van der Waals surface area contributed by atoms with E-state index in [9.17, 15) is 4.79 Å². The number of aryl methyl sites for hydroxylation is 1. The fourth-order valence-electron chi connectivity index (χ4n) is 2.89. The lowest BCUT2D eigenvalue weighted by Gasteiger charge is -2.25. The summed E-state index contributed by atoms with van der Waals surface area (Å²) in [6, 6.07) is 14.1. The minimum absolute atomic E-state index is 0.0306. The number of hydrogen-bond acceptors (Lipinski definition) is 3. The van der Waals surface area contributed by atoms with E-state index in [1.54, 1.807) is 7.11 Å². The van der Waals surface area contributed by atoms with Crippen LogP contribution >= 0.6 is 0 Å². The molecule has 0 radical (unpaired) electrons. The van der Waals surface area contributed by atoms with Crippen molar-refractivity contribution in [1.82, 2.24) is 5.32 Å². The molecular weight excluding hydrogens is 302 g/mol. The van der Waals surface area contributed by atoms with E-state index in [-0.39, 0.29) is 11.8 Å². The molecule has 0 saturated heterocycles. The van der Waals surface area contributed by atoms with Gasteiger partial charge in [-0.25, -0.2) is 0 Å². The zero-order valence-corrected chi connectivity index (χ0v) is 14.2. The highest BCUT2D eigenvalue weighted by molar-refractivity contribution is 5.79. The van der Waals surface area contributed by atoms with Crippen LogP contribution in [0, 0.1) is 5.92 Å². The third-order valence-electron chi connectivity index (χ3n) is 4.44. The SMILES string of the molecule is CCc1ccc(CNC(=O)[C@H]2COc3ccc(OC)cc3C2)cc1. The molecule has 1 aliphatic heterocycles. The van der Waals surface area contributed by atoms with Gasteiger partial charge >= 0.3 is 0 Å². The summed E-state index contributed by atoms with van der Waals surface area (Å²) >= 11 is 0. The molecule has 1 heterocycles. The molecule has 24 heavy (non-hydrogen) atoms. The zero-order valence-electron chi connectivity index (χ0n) is 14.2. The summed E-state index contributed by atoms with van der Waals surface area (Å²) in [6.07, 6.45) is 1.70. The van der Waals surface area contributed by atoms with Gasteiger partial charge in [-0.15, -0.1) is 0 Å². The summed E-state index contributed by atoms with van der Waals surface area (Å²) in [5, 5.41) is 3.02. The number of ether oxygens (including phenoxy) is 2. The van der Waals surface area contributed by atoms with Crippen LogP contribution in [0.1, 0.15) is 23.6 Å². The van der Waals surface area contributed by atoms with E-state index in [1.165, 1.54) is 5.56 Å². The van der Waals surface area contributed by atoms with Gasteiger partial charge in [0, 0.05) is 6.54 Å². The molecule has 0 aromatic heterocycles. The van der Waals surface area contributed by atoms with Gasteiger partial charge in [0.05, 0.1) is 13.0 Å². The van der Waals surface area contributed by atoms with E-state index >= 15 is 0 Å². The van der Waals surface area contributed by atoms with Crippen molar-refractivity contribution >= 4 is 5.91 Å². The van der Waals surface area contributed by atoms with Crippen molar-refractivity contribution in [2.75, 3.05) is 13.7 Å². The van der Waals surface area contributed by atoms with Gasteiger partial charge in [-0.1, -0.05) is 31.2 Å². The number of methoxy groups -OCH3 is 1. The van der Waals surface area contributed by atoms with Crippen LogP contribution in [0.3, 0.4) is 0 Å². The number of amides is 1. The lowest BCUT2D eigenvalue weighted by atomic mass is 9.95. The maximum absolute atomic E-state index is 12.4. The summed E-state index contributed by atoms with van der Waals surface area (Å²) in [6.45, 7) is 3.09. The fourth-order valence-corrected chi connectivity index (χ4v) is 2.89. The molecule has 1 atom stereocenters. The molecule has 4 heteroatoms. The first-order valence-electron chi connectivity index (χ1n) is 8.35. The maximum atomic E-state index is 12.4. The summed E-state index contributed by atoms with van der Waals surface area (Å²) < 4.78 is 11.0. The van der Waals surface area contributed by atoms with Crippen molar-refractivity contribution in [1.29, 1.82) is 0 Å². The molecule has 0 spiro atoms. The van der Waals surface area contributed by atoms with Crippen molar-refractivity contribution in [3.63, 3.8) is 0 Å². The van der Waals surface area contributed by atoms with Gasteiger partial charge in [0.15, 0.2) is 0 Å². The average Bonchev–Trinajstić information content (AvgIpc) is 2.65. The molecule has 2 aromatic carbocycles. The molecule has 1 aliphatic rings. The molecule has 0 saturated carbocycles. The van der Waals surface area contributed by atoms with Crippen molar-refractivity contribution < 1.29 is 14.3 Å². The number of benzene rings is 2. The first-order valence-corrected chi connectivity index (χ1v) is 8.35. The lowest BCUT2D eigenvalue weighted by molar-refractivity contribution is -0.126. The molecule has 1 N–H and O–H groups in total. The molecule has 3 rings (SSSR count). The van der Waals surface area contributed by atoms with Gasteiger partial charge in [0.1, 0.15) is 18.1 Å². The van der Waals surface area contributed by atoms with Gasteiger partial charge in [-0.05, 0) is 47.7 Å². The molecule has 0 fully saturated rings. The van der Waals surface area contributed by atoms with Crippen LogP contribution in [0.2, 0.25) is 0 Å². The largest absolute Gasteiger partial charge is 0.497 e. The third kappa shape index (κ3) is 3.70. The van der Waals surface area contributed by atoms with Gasteiger partial charge in [-0.3, -0.25) is 4.79 Å². The summed E-state index contributed by atoms with van der Waals surface area (Å²) in [5.74, 6) is 1.49. The Kier molecular flexibility index (Phi) is 5.04. The van der Waals surface area contributed by atoms with Gasteiger partial charge in [0.25, 0.3) is 0 Å². The predicted molar refractivity (Wildman–Crippen MR) is 93.3 cm³/mol. The second-order valence-corrected chi connectivity index (χ2v) is 6.07. The average molecular weight is 325 g/mol. The summed E-state index contributed by atoms with van der Waals surface area (Å²) in [4.78, 5) is 12.4. The van der Waals surface area contributed by atoms with Crippen LogP contribution < -0.4 is 14.8 Å². The molecule has 1 amide bonds. The van der Waals surface area contributed by atoms with E-state index in [1.807, 2.05) is 18.2 Å². The lowest BCUT2D eigenvalue weighted by Crippen LogP contribution is -2.37. The second-order valence-electron chi connectivity index (χ2n) is 6.07. The summed E-state index contributed by atoms with van der Waals surface area (Å²) in [5.41, 5.74) is 3.43. The predicted octanol–water partition coefficient (Wildman–Crippen LogP) is 3.13. The molecule has 126 valence electrons. The van der Waals surface area contributed by atoms with Crippen molar-refractivity contribution in [2.45, 2.75) is 26.3 Å². The minimum Gasteiger partial charge on any atom is -0.497 e. The quantitative estimate of drug-likeness (QED) is 0.919. The number of carbonyl (C=O) groups excluding carboxylic acids is 1. The Morgan fingerprint density at radius 2 is 1.96 bits per heavy atom. The van der Waals surface area contributed by atoms with Crippen LogP contribution in [0.15, 0.2) is 42.5 Å². The highest BCUT2D eigenvalue weighted by atomic mass is 16.5. The Morgan fingerprint density at radius 3 is 2.67 bits per heavy atom. The van der Waals surface area contributed by atoms with Crippen LogP contribution in [0.25, 0.3) is 0 Å². The van der Waals surface area contributed by atoms with Gasteiger partial charge in [-0.2, -0.15) is 0 Å². The molecule has 0 aliphatic carbocycles. The van der Waals surface area contributed by atoms with E-state index in [0.29, 0.717) is 19.6 Å². The Morgan fingerprint density at radius 1 is 1.21 bits per heavy atom. The van der Waals surface area contributed by atoms with E-state index < -0.39 is 0 Å². The number of rotatable bonds is 5. The Hall–Kier alpha value is -2.49. The van der Waals surface area contributed by atoms with Crippen LogP contribution in [-0.2, 0) is 24.2 Å². The number of nitrogens with one attached hydrogen (secondary N) is 1. The Balaban J connectivity index is 1.59. The van der Waals surface area contributed by atoms with E-state index in [4.69, 9.17) is 9.47 Å². The van der Waals surface area contributed by atoms with Crippen molar-refractivity contribution in [2.24, 2.45) is 5.92 Å². The highest BCUT2D eigenvalue weighted by Crippen LogP contribution is 2.30. The van der Waals surface area contributed by atoms with Crippen molar-refractivity contribution in [3.05, 3.63) is 59.2 Å². The molecule has 2 aromatic rings. The van der Waals surface area contributed by atoms with Crippen LogP contribution in [0.4, 0.5) is 0 Å². The minimum atomic E-state index is -0.167. The monoisotopic (exact) mass is 325 g/mol. The fraction of sp³-hybridized carbons (Fsp3) is 0.350. The van der Waals surface area contributed by atoms with E-state index in [2.05, 4.69) is 36.5 Å². The maximum Gasteiger partial charge on any atom is 0.227 e. The molecule has 0 unspecified atom stereocenters. The summed E-state index contributed by atoms with van der Waals surface area (Å²) in [7, 11) is 1.64. The number of carbonyl (C=O) groups is 1. The zero-order chi connectivity index (χ0) is 16.9. The van der Waals surface area contributed by atoms with Crippen molar-refractivity contribution in [3.8, 4) is 11.5 Å². The highest BCUT2D eigenvalue weighted by Gasteiger charge is 2.26. The first-order chi connectivity index (χ1) is 11.7. The number of fused-ring (bicyclic) bond motifs is 1. The van der Waals surface area contributed by atoms with Gasteiger partial charge in [0.2, 0.25) is 5.91 Å². The smallest absolute Gasteiger partial charge is 0.227 e. The normalized spacial score (nSPS) is 16.0. The van der Waals surface area contributed by atoms with E-state index in [0.717, 1.165) is 29.0 Å². The second kappa shape index (κ2) is 7.39.